The van der Waals surface area contributed by atoms with Crippen LogP contribution in [0.25, 0.3) is 11.1 Å². The number of amides is 1. The Morgan fingerprint density at radius 3 is 2.22 bits per heavy atom. The highest BCUT2D eigenvalue weighted by molar-refractivity contribution is 6.30. The van der Waals surface area contributed by atoms with Gasteiger partial charge in [-0.3, -0.25) is 9.69 Å². The number of benzene rings is 2. The van der Waals surface area contributed by atoms with Gasteiger partial charge in [-0.2, -0.15) is 0 Å². The van der Waals surface area contributed by atoms with Crippen molar-refractivity contribution in [2.75, 3.05) is 26.2 Å². The predicted molar refractivity (Wildman–Crippen MR) is 164 cm³/mol. The Labute approximate surface area is 248 Å². The summed E-state index contributed by atoms with van der Waals surface area (Å²) in [7, 11) is 0. The van der Waals surface area contributed by atoms with Gasteiger partial charge in [0.05, 0.1) is 5.41 Å². The van der Waals surface area contributed by atoms with E-state index in [-0.39, 0.29) is 18.8 Å². The Hall–Kier alpha value is -3.42. The number of nitrogens with zero attached hydrogens (tertiary/aromatic N) is 1. The number of nitrogens with one attached hydrogen (secondary N) is 1. The fraction of sp³-hybridized carbons (Fsp3) is 0.394. The van der Waals surface area contributed by atoms with Crippen molar-refractivity contribution in [3.8, 4) is 11.1 Å². The van der Waals surface area contributed by atoms with E-state index in [2.05, 4.69) is 25.1 Å². The van der Waals surface area contributed by atoms with E-state index in [1.165, 1.54) is 18.2 Å². The van der Waals surface area contributed by atoms with Gasteiger partial charge in [-0.15, -0.1) is 13.2 Å². The molecule has 2 atom stereocenters. The molecule has 1 N–H and O–H groups in total. The molecular formula is C33H42ClFN2O4. The summed E-state index contributed by atoms with van der Waals surface area (Å²) in [6, 6.07) is 11.3. The lowest BCUT2D eigenvalue weighted by Crippen LogP contribution is -2.49. The second kappa shape index (κ2) is 15.5. The molecule has 2 aromatic carbocycles. The van der Waals surface area contributed by atoms with Gasteiger partial charge in [0.25, 0.3) is 0 Å². The maximum absolute atomic E-state index is 14.4. The standard InChI is InChI=1S/C33H42ClFN2O4/c1-8-17-37(18-9-2)23-33(7,30(38)40-19-10-3)22-27(36-31(39)41-32(4,5)6)20-24-11-13-25(14-12-24)28-21-26(34)15-16-29(28)35/h8-16,21,27H,1-3,17-20,22-23H2,4-7H3,(H,36,39). The van der Waals surface area contributed by atoms with Crippen molar-refractivity contribution in [1.82, 2.24) is 10.2 Å². The first-order chi connectivity index (χ1) is 19.3. The number of hydrogen-bond donors (Lipinski definition) is 1. The van der Waals surface area contributed by atoms with Gasteiger partial charge in [0.2, 0.25) is 0 Å². The molecule has 0 spiro atoms. The van der Waals surface area contributed by atoms with Crippen LogP contribution in [0.3, 0.4) is 0 Å². The summed E-state index contributed by atoms with van der Waals surface area (Å²) < 4.78 is 25.5. The van der Waals surface area contributed by atoms with Crippen LogP contribution >= 0.6 is 11.6 Å². The molecule has 0 aliphatic heterocycles. The molecule has 0 bridgehead atoms. The maximum atomic E-state index is 14.4. The first-order valence-electron chi connectivity index (χ1n) is 13.6. The van der Waals surface area contributed by atoms with Gasteiger partial charge in [-0.05, 0) is 69.9 Å². The molecule has 41 heavy (non-hydrogen) atoms. The molecule has 0 saturated carbocycles. The predicted octanol–water partition coefficient (Wildman–Crippen LogP) is 7.38. The summed E-state index contributed by atoms with van der Waals surface area (Å²) in [5.41, 5.74) is 0.252. The van der Waals surface area contributed by atoms with Crippen molar-refractivity contribution in [2.24, 2.45) is 5.41 Å². The van der Waals surface area contributed by atoms with Crippen LogP contribution in [-0.4, -0.2) is 54.8 Å². The van der Waals surface area contributed by atoms with Crippen LogP contribution in [0.5, 0.6) is 0 Å². The first-order valence-corrected chi connectivity index (χ1v) is 13.9. The Morgan fingerprint density at radius 2 is 1.66 bits per heavy atom. The third-order valence-electron chi connectivity index (χ3n) is 6.27. The van der Waals surface area contributed by atoms with Gasteiger partial charge < -0.3 is 14.8 Å². The molecule has 0 radical (unpaired) electrons. The minimum atomic E-state index is -1.00. The molecule has 6 nitrogen and oxygen atoms in total. The highest BCUT2D eigenvalue weighted by Gasteiger charge is 2.39. The van der Waals surface area contributed by atoms with Crippen LogP contribution in [0.1, 0.15) is 39.7 Å². The van der Waals surface area contributed by atoms with E-state index in [1.54, 1.807) is 39.0 Å². The number of ether oxygens (including phenoxy) is 2. The van der Waals surface area contributed by atoms with Gasteiger partial charge >= 0.3 is 12.1 Å². The summed E-state index contributed by atoms with van der Waals surface area (Å²) >= 11 is 6.08. The lowest BCUT2D eigenvalue weighted by Gasteiger charge is -2.36. The fourth-order valence-electron chi connectivity index (χ4n) is 4.60. The van der Waals surface area contributed by atoms with Crippen LogP contribution in [0, 0.1) is 11.2 Å². The summed E-state index contributed by atoms with van der Waals surface area (Å²) in [5, 5.41) is 3.40. The number of esters is 1. The van der Waals surface area contributed by atoms with Crippen LogP contribution < -0.4 is 5.32 Å². The zero-order chi connectivity index (χ0) is 30.6. The highest BCUT2D eigenvalue weighted by Crippen LogP contribution is 2.30. The number of alkyl carbamates (subject to hydrolysis) is 1. The summed E-state index contributed by atoms with van der Waals surface area (Å²) in [6.45, 7) is 20.0. The third-order valence-corrected chi connectivity index (χ3v) is 6.50. The number of hydrogen-bond acceptors (Lipinski definition) is 5. The molecule has 2 aromatic rings. The molecule has 8 heteroatoms. The van der Waals surface area contributed by atoms with Gasteiger partial charge in [-0.1, -0.05) is 60.7 Å². The van der Waals surface area contributed by atoms with Crippen molar-refractivity contribution in [1.29, 1.82) is 0 Å². The molecule has 1 amide bonds. The molecule has 0 aliphatic carbocycles. The Kier molecular flexibility index (Phi) is 12.8. The van der Waals surface area contributed by atoms with Gasteiger partial charge in [0.1, 0.15) is 18.0 Å². The van der Waals surface area contributed by atoms with E-state index in [9.17, 15) is 14.0 Å². The molecule has 222 valence electrons. The van der Waals surface area contributed by atoms with Crippen LogP contribution in [0.2, 0.25) is 5.02 Å². The molecule has 0 aliphatic rings. The van der Waals surface area contributed by atoms with Crippen molar-refractivity contribution in [2.45, 2.75) is 52.2 Å². The SMILES string of the molecule is C=CCOC(=O)C(C)(CC(Cc1ccc(-c2cc(Cl)ccc2F)cc1)NC(=O)OC(C)(C)C)CN(CC=C)CC=C. The molecule has 0 heterocycles. The van der Waals surface area contributed by atoms with Crippen molar-refractivity contribution in [3.63, 3.8) is 0 Å². The van der Waals surface area contributed by atoms with E-state index in [1.807, 2.05) is 36.1 Å². The smallest absolute Gasteiger partial charge is 0.407 e. The molecule has 0 aromatic heterocycles. The van der Waals surface area contributed by atoms with E-state index < -0.39 is 29.1 Å². The average molecular weight is 585 g/mol. The summed E-state index contributed by atoms with van der Waals surface area (Å²) in [6.07, 6.45) is 5.11. The molecular weight excluding hydrogens is 543 g/mol. The van der Waals surface area contributed by atoms with Crippen LogP contribution in [0.4, 0.5) is 9.18 Å². The normalized spacial score (nSPS) is 13.5. The molecule has 2 rings (SSSR count). The molecule has 2 unspecified atom stereocenters. The summed E-state index contributed by atoms with van der Waals surface area (Å²) in [5.74, 6) is -0.776. The number of carbonyl (C=O) groups excluding carboxylic acids is 2. The van der Waals surface area contributed by atoms with Gasteiger partial charge in [0, 0.05) is 36.3 Å². The fourth-order valence-corrected chi connectivity index (χ4v) is 4.77. The van der Waals surface area contributed by atoms with E-state index in [0.717, 1.165) is 5.56 Å². The van der Waals surface area contributed by atoms with E-state index in [4.69, 9.17) is 21.1 Å². The third kappa shape index (κ3) is 11.2. The Bertz CT molecular complexity index is 1200. The number of rotatable bonds is 15. The second-order valence-corrected chi connectivity index (χ2v) is 11.7. The van der Waals surface area contributed by atoms with Gasteiger partial charge in [-0.25, -0.2) is 9.18 Å². The zero-order valence-corrected chi connectivity index (χ0v) is 25.3. The van der Waals surface area contributed by atoms with Crippen LogP contribution in [0.15, 0.2) is 80.4 Å². The zero-order valence-electron chi connectivity index (χ0n) is 24.6. The monoisotopic (exact) mass is 584 g/mol. The number of carbonyl (C=O) groups is 2. The summed E-state index contributed by atoms with van der Waals surface area (Å²) in [4.78, 5) is 28.3. The average Bonchev–Trinajstić information content (AvgIpc) is 2.88. The topological polar surface area (TPSA) is 67.9 Å². The lowest BCUT2D eigenvalue weighted by atomic mass is 9.81. The second-order valence-electron chi connectivity index (χ2n) is 11.3. The Balaban J connectivity index is 2.40. The molecule has 0 fully saturated rings. The van der Waals surface area contributed by atoms with E-state index in [0.29, 0.717) is 42.2 Å². The quantitative estimate of drug-likeness (QED) is 0.175. The van der Waals surface area contributed by atoms with Crippen molar-refractivity contribution >= 4 is 23.7 Å². The largest absolute Gasteiger partial charge is 0.461 e. The lowest BCUT2D eigenvalue weighted by molar-refractivity contribution is -0.155. The van der Waals surface area contributed by atoms with Crippen molar-refractivity contribution < 1.29 is 23.5 Å². The first kappa shape index (κ1) is 33.8. The highest BCUT2D eigenvalue weighted by atomic mass is 35.5. The van der Waals surface area contributed by atoms with Gasteiger partial charge in [0.15, 0.2) is 0 Å². The van der Waals surface area contributed by atoms with Crippen LogP contribution in [-0.2, 0) is 20.7 Å². The minimum Gasteiger partial charge on any atom is -0.461 e. The molecule has 0 saturated heterocycles. The van der Waals surface area contributed by atoms with E-state index >= 15 is 0 Å². The Morgan fingerprint density at radius 1 is 1.02 bits per heavy atom. The van der Waals surface area contributed by atoms with Crippen molar-refractivity contribution in [3.05, 3.63) is 96.8 Å². The number of halogens is 2. The maximum Gasteiger partial charge on any atom is 0.407 e. The minimum absolute atomic E-state index is 0.0724.